The van der Waals surface area contributed by atoms with Crippen LogP contribution in [0.3, 0.4) is 0 Å². The van der Waals surface area contributed by atoms with Gasteiger partial charge in [-0.2, -0.15) is 0 Å². The molecule has 25 heavy (non-hydrogen) atoms. The minimum absolute atomic E-state index is 0.401. The standard InChI is InChI=1S/C21H29N3O/c1-21(25,19-9-5-4-6-10-19)16-23(2)15-18-11-13-24(3)20(18)17-8-7-12-22-14-17/h4-10,12,14,18,20,25H,11,13,15-16H2,1-3H3/t18-,20-,21?/m0/s1. The van der Waals surface area contributed by atoms with E-state index >= 15 is 0 Å². The van der Waals surface area contributed by atoms with Crippen LogP contribution in [-0.4, -0.2) is 53.6 Å². The van der Waals surface area contributed by atoms with Gasteiger partial charge in [0.15, 0.2) is 0 Å². The average molecular weight is 339 g/mol. The average Bonchev–Trinajstić information content (AvgIpc) is 2.96. The van der Waals surface area contributed by atoms with Crippen LogP contribution in [0, 0.1) is 5.92 Å². The topological polar surface area (TPSA) is 39.6 Å². The summed E-state index contributed by atoms with van der Waals surface area (Å²) in [7, 11) is 4.30. The monoisotopic (exact) mass is 339 g/mol. The number of hydrogen-bond acceptors (Lipinski definition) is 4. The molecule has 0 amide bonds. The van der Waals surface area contributed by atoms with Gasteiger partial charge in [0.25, 0.3) is 0 Å². The fourth-order valence-electron chi connectivity index (χ4n) is 4.17. The van der Waals surface area contributed by atoms with Gasteiger partial charge in [-0.3, -0.25) is 9.88 Å². The largest absolute Gasteiger partial charge is 0.384 e. The summed E-state index contributed by atoms with van der Waals surface area (Å²) in [6.45, 7) is 4.59. The molecule has 0 bridgehead atoms. The number of aliphatic hydroxyl groups is 1. The third-order valence-corrected chi connectivity index (χ3v) is 5.32. The molecule has 4 nitrogen and oxygen atoms in total. The first-order chi connectivity index (χ1) is 12.0. The van der Waals surface area contributed by atoms with E-state index in [9.17, 15) is 5.11 Å². The van der Waals surface area contributed by atoms with Crippen molar-refractivity contribution in [2.45, 2.75) is 25.0 Å². The van der Waals surface area contributed by atoms with Gasteiger partial charge in [0, 0.05) is 31.5 Å². The Bertz CT molecular complexity index is 659. The molecule has 0 aliphatic carbocycles. The molecule has 1 N–H and O–H groups in total. The second-order valence-corrected chi connectivity index (χ2v) is 7.60. The van der Waals surface area contributed by atoms with Crippen LogP contribution in [0.4, 0.5) is 0 Å². The zero-order valence-electron chi connectivity index (χ0n) is 15.5. The van der Waals surface area contributed by atoms with Crippen molar-refractivity contribution in [3.63, 3.8) is 0 Å². The highest BCUT2D eigenvalue weighted by atomic mass is 16.3. The predicted molar refractivity (Wildman–Crippen MR) is 101 cm³/mol. The van der Waals surface area contributed by atoms with E-state index in [1.54, 1.807) is 0 Å². The normalized spacial score (nSPS) is 23.7. The van der Waals surface area contributed by atoms with E-state index in [0.29, 0.717) is 18.5 Å². The number of pyridine rings is 1. The van der Waals surface area contributed by atoms with E-state index in [1.807, 2.05) is 55.7 Å². The highest BCUT2D eigenvalue weighted by molar-refractivity contribution is 5.22. The third kappa shape index (κ3) is 4.27. The van der Waals surface area contributed by atoms with Crippen molar-refractivity contribution in [2.24, 2.45) is 5.92 Å². The Labute approximate surface area is 151 Å². The summed E-state index contributed by atoms with van der Waals surface area (Å²) < 4.78 is 0. The van der Waals surface area contributed by atoms with Crippen LogP contribution in [-0.2, 0) is 5.60 Å². The van der Waals surface area contributed by atoms with Gasteiger partial charge < -0.3 is 10.0 Å². The zero-order valence-corrected chi connectivity index (χ0v) is 15.5. The van der Waals surface area contributed by atoms with Crippen molar-refractivity contribution in [3.05, 3.63) is 66.0 Å². The van der Waals surface area contributed by atoms with Gasteiger partial charge in [0.1, 0.15) is 0 Å². The molecule has 0 saturated carbocycles. The highest BCUT2D eigenvalue weighted by Crippen LogP contribution is 2.36. The van der Waals surface area contributed by atoms with Crippen LogP contribution >= 0.6 is 0 Å². The summed E-state index contributed by atoms with van der Waals surface area (Å²) >= 11 is 0. The number of likely N-dealkylation sites (tertiary alicyclic amines) is 1. The first-order valence-electron chi connectivity index (χ1n) is 9.04. The summed E-state index contributed by atoms with van der Waals surface area (Å²) in [6, 6.07) is 14.5. The molecule has 1 saturated heterocycles. The van der Waals surface area contributed by atoms with Gasteiger partial charge >= 0.3 is 0 Å². The first-order valence-corrected chi connectivity index (χ1v) is 9.04. The number of aromatic nitrogens is 1. The molecule has 4 heteroatoms. The lowest BCUT2D eigenvalue weighted by Crippen LogP contribution is -2.39. The summed E-state index contributed by atoms with van der Waals surface area (Å²) in [6.07, 6.45) is 4.99. The lowest BCUT2D eigenvalue weighted by Gasteiger charge is -2.33. The van der Waals surface area contributed by atoms with Gasteiger partial charge in [0.2, 0.25) is 0 Å². The summed E-state index contributed by atoms with van der Waals surface area (Å²) in [5.41, 5.74) is 1.41. The van der Waals surface area contributed by atoms with E-state index in [0.717, 1.165) is 18.7 Å². The van der Waals surface area contributed by atoms with Crippen molar-refractivity contribution in [2.75, 3.05) is 33.7 Å². The maximum Gasteiger partial charge on any atom is 0.0994 e. The molecule has 2 heterocycles. The molecule has 1 aromatic heterocycles. The Kier molecular flexibility index (Phi) is 5.52. The summed E-state index contributed by atoms with van der Waals surface area (Å²) in [5.74, 6) is 0.547. The Morgan fingerprint density at radius 2 is 2.00 bits per heavy atom. The first kappa shape index (κ1) is 18.1. The highest BCUT2D eigenvalue weighted by Gasteiger charge is 2.35. The molecule has 134 valence electrons. The van der Waals surface area contributed by atoms with E-state index in [2.05, 4.69) is 34.9 Å². The van der Waals surface area contributed by atoms with E-state index in [1.165, 1.54) is 12.0 Å². The number of rotatable bonds is 6. The second-order valence-electron chi connectivity index (χ2n) is 7.60. The SMILES string of the molecule is CN(C[C@@H]1CCN(C)[C@H]1c1cccnc1)CC(C)(O)c1ccccc1. The Morgan fingerprint density at radius 3 is 2.68 bits per heavy atom. The Morgan fingerprint density at radius 1 is 1.24 bits per heavy atom. The van der Waals surface area contributed by atoms with E-state index in [4.69, 9.17) is 0 Å². The number of likely N-dealkylation sites (N-methyl/N-ethyl adjacent to an activating group) is 1. The van der Waals surface area contributed by atoms with Crippen LogP contribution in [0.1, 0.15) is 30.5 Å². The quantitative estimate of drug-likeness (QED) is 0.878. The zero-order chi connectivity index (χ0) is 17.9. The lowest BCUT2D eigenvalue weighted by molar-refractivity contribution is 0.0182. The van der Waals surface area contributed by atoms with Crippen molar-refractivity contribution >= 4 is 0 Å². The van der Waals surface area contributed by atoms with Gasteiger partial charge in [0.05, 0.1) is 5.60 Å². The van der Waals surface area contributed by atoms with E-state index < -0.39 is 5.60 Å². The van der Waals surface area contributed by atoms with Crippen LogP contribution in [0.5, 0.6) is 0 Å². The lowest BCUT2D eigenvalue weighted by atomic mass is 9.92. The molecule has 1 aliphatic rings. The molecule has 3 atom stereocenters. The van der Waals surface area contributed by atoms with Crippen LogP contribution in [0.25, 0.3) is 0 Å². The maximum absolute atomic E-state index is 10.9. The van der Waals surface area contributed by atoms with Crippen molar-refractivity contribution in [1.82, 2.24) is 14.8 Å². The molecule has 1 fully saturated rings. The van der Waals surface area contributed by atoms with Crippen LogP contribution < -0.4 is 0 Å². The third-order valence-electron chi connectivity index (χ3n) is 5.32. The van der Waals surface area contributed by atoms with Gasteiger partial charge in [-0.15, -0.1) is 0 Å². The van der Waals surface area contributed by atoms with Crippen molar-refractivity contribution in [3.8, 4) is 0 Å². The molecule has 2 aromatic rings. The van der Waals surface area contributed by atoms with E-state index in [-0.39, 0.29) is 0 Å². The summed E-state index contributed by atoms with van der Waals surface area (Å²) in [4.78, 5) is 8.98. The van der Waals surface area contributed by atoms with Crippen LogP contribution in [0.15, 0.2) is 54.9 Å². The van der Waals surface area contributed by atoms with Crippen molar-refractivity contribution < 1.29 is 5.11 Å². The smallest absolute Gasteiger partial charge is 0.0994 e. The number of nitrogens with zero attached hydrogens (tertiary/aromatic N) is 3. The van der Waals surface area contributed by atoms with Gasteiger partial charge in [-0.25, -0.2) is 0 Å². The molecular weight excluding hydrogens is 310 g/mol. The fourth-order valence-corrected chi connectivity index (χ4v) is 4.17. The predicted octanol–water partition coefficient (Wildman–Crippen LogP) is 2.91. The summed E-state index contributed by atoms with van der Waals surface area (Å²) in [5, 5.41) is 10.9. The van der Waals surface area contributed by atoms with Crippen LogP contribution in [0.2, 0.25) is 0 Å². The molecule has 3 rings (SSSR count). The molecular formula is C21H29N3O. The molecule has 1 aliphatic heterocycles. The second kappa shape index (κ2) is 7.65. The minimum atomic E-state index is -0.843. The number of hydrogen-bond donors (Lipinski definition) is 1. The van der Waals surface area contributed by atoms with Gasteiger partial charge in [-0.05, 0) is 57.1 Å². The molecule has 1 unspecified atom stereocenters. The van der Waals surface area contributed by atoms with Crippen molar-refractivity contribution in [1.29, 1.82) is 0 Å². The minimum Gasteiger partial charge on any atom is -0.384 e. The molecule has 0 spiro atoms. The molecule has 0 radical (unpaired) electrons. The molecule has 1 aromatic carbocycles. The Hall–Kier alpha value is -1.75. The maximum atomic E-state index is 10.9. The Balaban J connectivity index is 1.67. The number of benzene rings is 1. The van der Waals surface area contributed by atoms with Gasteiger partial charge in [-0.1, -0.05) is 36.4 Å². The fraction of sp³-hybridized carbons (Fsp3) is 0.476.